The Kier molecular flexibility index (Phi) is 5.32. The van der Waals surface area contributed by atoms with E-state index in [2.05, 4.69) is 27.9 Å². The van der Waals surface area contributed by atoms with Gasteiger partial charge in [0.15, 0.2) is 6.04 Å². The fourth-order valence-corrected chi connectivity index (χ4v) is 2.22. The van der Waals surface area contributed by atoms with Gasteiger partial charge in [-0.05, 0) is 52.4 Å². The number of hydrogen-bond acceptors (Lipinski definition) is 3. The summed E-state index contributed by atoms with van der Waals surface area (Å²) in [4.78, 5) is 24.1. The van der Waals surface area contributed by atoms with Gasteiger partial charge in [0.1, 0.15) is 0 Å². The maximum atomic E-state index is 12.2. The van der Waals surface area contributed by atoms with E-state index >= 15 is 0 Å². The van der Waals surface area contributed by atoms with E-state index in [0.29, 0.717) is 11.1 Å². The molecule has 1 N–H and O–H groups in total. The summed E-state index contributed by atoms with van der Waals surface area (Å²) in [6, 6.07) is 15.3. The third kappa shape index (κ3) is 4.04. The van der Waals surface area contributed by atoms with Gasteiger partial charge in [-0.15, -0.1) is 0 Å². The average Bonchev–Trinajstić information content (AvgIpc) is 2.53. The van der Waals surface area contributed by atoms with Crippen LogP contribution in [0, 0.1) is 3.57 Å². The van der Waals surface area contributed by atoms with Crippen molar-refractivity contribution in [1.82, 2.24) is 5.32 Å². The number of benzene rings is 2. The van der Waals surface area contributed by atoms with Crippen LogP contribution >= 0.6 is 22.6 Å². The molecule has 1 amide bonds. The molecule has 4 nitrogen and oxygen atoms in total. The molecule has 1 atom stereocenters. The van der Waals surface area contributed by atoms with Gasteiger partial charge in [0.25, 0.3) is 5.91 Å². The summed E-state index contributed by atoms with van der Waals surface area (Å²) in [7, 11) is 1.30. The summed E-state index contributed by atoms with van der Waals surface area (Å²) in [6.07, 6.45) is 0. The van der Waals surface area contributed by atoms with Gasteiger partial charge in [0.2, 0.25) is 0 Å². The largest absolute Gasteiger partial charge is 0.467 e. The number of ether oxygens (including phenoxy) is 1. The molecule has 1 unspecified atom stereocenters. The number of halogens is 1. The Bertz CT molecular complexity index is 626. The van der Waals surface area contributed by atoms with Crippen LogP contribution in [0.15, 0.2) is 54.6 Å². The molecule has 0 saturated heterocycles. The highest BCUT2D eigenvalue weighted by Crippen LogP contribution is 2.15. The molecular weight excluding hydrogens is 381 g/mol. The summed E-state index contributed by atoms with van der Waals surface area (Å²) in [5.74, 6) is -0.814. The first-order chi connectivity index (χ1) is 10.1. The number of amides is 1. The van der Waals surface area contributed by atoms with E-state index in [1.807, 2.05) is 30.3 Å². The highest BCUT2D eigenvalue weighted by atomic mass is 127. The summed E-state index contributed by atoms with van der Waals surface area (Å²) < 4.78 is 5.81. The van der Waals surface area contributed by atoms with Crippen molar-refractivity contribution in [2.45, 2.75) is 6.04 Å². The van der Waals surface area contributed by atoms with Crippen molar-refractivity contribution < 1.29 is 14.3 Å². The third-order valence-corrected chi connectivity index (χ3v) is 3.67. The van der Waals surface area contributed by atoms with E-state index in [1.165, 1.54) is 7.11 Å². The molecule has 0 aliphatic rings. The van der Waals surface area contributed by atoms with Crippen molar-refractivity contribution in [3.63, 3.8) is 0 Å². The van der Waals surface area contributed by atoms with Gasteiger partial charge in [-0.25, -0.2) is 4.79 Å². The van der Waals surface area contributed by atoms with E-state index in [9.17, 15) is 9.59 Å². The molecule has 0 spiro atoms. The van der Waals surface area contributed by atoms with Crippen LogP contribution < -0.4 is 5.32 Å². The molecule has 0 radical (unpaired) electrons. The van der Waals surface area contributed by atoms with Crippen molar-refractivity contribution in [2.24, 2.45) is 0 Å². The molecule has 21 heavy (non-hydrogen) atoms. The zero-order valence-electron chi connectivity index (χ0n) is 11.4. The molecule has 0 heterocycles. The normalized spacial score (nSPS) is 11.5. The number of rotatable bonds is 4. The first-order valence-corrected chi connectivity index (χ1v) is 7.39. The third-order valence-electron chi connectivity index (χ3n) is 2.95. The van der Waals surface area contributed by atoms with E-state index in [1.54, 1.807) is 24.3 Å². The Labute approximate surface area is 136 Å². The van der Waals surface area contributed by atoms with Gasteiger partial charge in [0, 0.05) is 9.13 Å². The average molecular weight is 395 g/mol. The van der Waals surface area contributed by atoms with Crippen molar-refractivity contribution in [1.29, 1.82) is 0 Å². The minimum Gasteiger partial charge on any atom is -0.467 e. The first-order valence-electron chi connectivity index (χ1n) is 6.31. The number of carbonyl (C=O) groups is 2. The predicted molar refractivity (Wildman–Crippen MR) is 87.8 cm³/mol. The molecule has 0 saturated carbocycles. The SMILES string of the molecule is COC(=O)C(NC(=O)c1ccc(I)cc1)c1ccccc1. The van der Waals surface area contributed by atoms with E-state index in [4.69, 9.17) is 4.74 Å². The van der Waals surface area contributed by atoms with Gasteiger partial charge in [-0.3, -0.25) is 4.79 Å². The van der Waals surface area contributed by atoms with E-state index in [0.717, 1.165) is 3.57 Å². The van der Waals surface area contributed by atoms with E-state index in [-0.39, 0.29) is 5.91 Å². The Balaban J connectivity index is 2.21. The number of hydrogen-bond donors (Lipinski definition) is 1. The number of carbonyl (C=O) groups excluding carboxylic acids is 2. The van der Waals surface area contributed by atoms with Gasteiger partial charge >= 0.3 is 5.97 Å². The van der Waals surface area contributed by atoms with Crippen molar-refractivity contribution >= 4 is 34.5 Å². The molecule has 2 rings (SSSR count). The quantitative estimate of drug-likeness (QED) is 0.640. The molecule has 2 aromatic carbocycles. The molecule has 0 aromatic heterocycles. The van der Waals surface area contributed by atoms with Crippen LogP contribution in [0.4, 0.5) is 0 Å². The van der Waals surface area contributed by atoms with Crippen LogP contribution in [0.5, 0.6) is 0 Å². The van der Waals surface area contributed by atoms with Crippen LogP contribution in [0.3, 0.4) is 0 Å². The Morgan fingerprint density at radius 3 is 2.24 bits per heavy atom. The lowest BCUT2D eigenvalue weighted by molar-refractivity contribution is -0.143. The second-order valence-corrected chi connectivity index (χ2v) is 5.59. The number of esters is 1. The lowest BCUT2D eigenvalue weighted by Gasteiger charge is -2.17. The molecule has 0 bridgehead atoms. The second-order valence-electron chi connectivity index (χ2n) is 4.35. The Morgan fingerprint density at radius 2 is 1.67 bits per heavy atom. The number of nitrogens with one attached hydrogen (secondary N) is 1. The number of methoxy groups -OCH3 is 1. The Hall–Kier alpha value is -1.89. The lowest BCUT2D eigenvalue weighted by atomic mass is 10.1. The maximum Gasteiger partial charge on any atom is 0.333 e. The molecule has 0 fully saturated rings. The summed E-state index contributed by atoms with van der Waals surface area (Å²) in [5, 5.41) is 2.70. The molecule has 2 aromatic rings. The molecule has 0 aliphatic heterocycles. The monoisotopic (exact) mass is 395 g/mol. The fraction of sp³-hybridized carbons (Fsp3) is 0.125. The summed E-state index contributed by atoms with van der Waals surface area (Å²) in [6.45, 7) is 0. The standard InChI is InChI=1S/C16H14INO3/c1-21-16(20)14(11-5-3-2-4-6-11)18-15(19)12-7-9-13(17)10-8-12/h2-10,14H,1H3,(H,18,19). The topological polar surface area (TPSA) is 55.4 Å². The van der Waals surface area contributed by atoms with Gasteiger partial charge < -0.3 is 10.1 Å². The highest BCUT2D eigenvalue weighted by Gasteiger charge is 2.23. The molecular formula is C16H14INO3. The molecule has 108 valence electrons. The first kappa shape index (κ1) is 15.5. The predicted octanol–water partition coefficient (Wildman–Crippen LogP) is 2.94. The van der Waals surface area contributed by atoms with Crippen molar-refractivity contribution in [3.8, 4) is 0 Å². The fourth-order valence-electron chi connectivity index (χ4n) is 1.86. The zero-order chi connectivity index (χ0) is 15.2. The molecule has 0 aliphatic carbocycles. The summed E-state index contributed by atoms with van der Waals surface area (Å²) in [5.41, 5.74) is 1.18. The minimum absolute atomic E-state index is 0.314. The zero-order valence-corrected chi connectivity index (χ0v) is 13.5. The smallest absolute Gasteiger partial charge is 0.333 e. The van der Waals surface area contributed by atoms with E-state index < -0.39 is 12.0 Å². The van der Waals surface area contributed by atoms with Crippen LogP contribution in [0.25, 0.3) is 0 Å². The van der Waals surface area contributed by atoms with Gasteiger partial charge in [-0.1, -0.05) is 30.3 Å². The summed E-state index contributed by atoms with van der Waals surface area (Å²) >= 11 is 2.17. The van der Waals surface area contributed by atoms with Gasteiger partial charge in [0.05, 0.1) is 7.11 Å². The Morgan fingerprint density at radius 1 is 1.05 bits per heavy atom. The van der Waals surface area contributed by atoms with Crippen molar-refractivity contribution in [3.05, 3.63) is 69.3 Å². The lowest BCUT2D eigenvalue weighted by Crippen LogP contribution is -2.34. The van der Waals surface area contributed by atoms with Crippen LogP contribution in [0.2, 0.25) is 0 Å². The van der Waals surface area contributed by atoms with Crippen LogP contribution in [0.1, 0.15) is 22.0 Å². The second kappa shape index (κ2) is 7.21. The highest BCUT2D eigenvalue weighted by molar-refractivity contribution is 14.1. The molecule has 5 heteroatoms. The maximum absolute atomic E-state index is 12.2. The van der Waals surface area contributed by atoms with Crippen LogP contribution in [-0.4, -0.2) is 19.0 Å². The van der Waals surface area contributed by atoms with Crippen LogP contribution in [-0.2, 0) is 9.53 Å². The van der Waals surface area contributed by atoms with Crippen molar-refractivity contribution in [2.75, 3.05) is 7.11 Å². The minimum atomic E-state index is -0.817. The van der Waals surface area contributed by atoms with Gasteiger partial charge in [-0.2, -0.15) is 0 Å².